The zero-order chi connectivity index (χ0) is 17.8. The lowest BCUT2D eigenvalue weighted by molar-refractivity contribution is -0.384. The SMILES string of the molecule is O=[N+]([O-])c1ccc(N/N=C/c2ccc(-c3ccc(F)c(Cl)c3)o2)cc1. The Labute approximate surface area is 146 Å². The predicted molar refractivity (Wildman–Crippen MR) is 93.4 cm³/mol. The average molecular weight is 360 g/mol. The molecule has 0 saturated heterocycles. The van der Waals surface area contributed by atoms with Crippen LogP contribution in [0.2, 0.25) is 5.02 Å². The molecule has 0 fully saturated rings. The number of nitro groups is 1. The Morgan fingerprint density at radius 3 is 2.60 bits per heavy atom. The Balaban J connectivity index is 1.67. The third kappa shape index (κ3) is 4.02. The fraction of sp³-hybridized carbons (Fsp3) is 0. The van der Waals surface area contributed by atoms with E-state index >= 15 is 0 Å². The first-order valence-corrected chi connectivity index (χ1v) is 7.49. The number of hydrazone groups is 1. The molecule has 2 aromatic carbocycles. The maximum atomic E-state index is 13.2. The first-order valence-electron chi connectivity index (χ1n) is 7.12. The van der Waals surface area contributed by atoms with Crippen molar-refractivity contribution in [3.63, 3.8) is 0 Å². The van der Waals surface area contributed by atoms with E-state index < -0.39 is 10.7 Å². The van der Waals surface area contributed by atoms with Crippen molar-refractivity contribution in [2.75, 3.05) is 5.43 Å². The maximum Gasteiger partial charge on any atom is 0.269 e. The topological polar surface area (TPSA) is 80.7 Å². The van der Waals surface area contributed by atoms with Crippen LogP contribution in [0.1, 0.15) is 5.76 Å². The molecule has 6 nitrogen and oxygen atoms in total. The average Bonchev–Trinajstić information content (AvgIpc) is 3.07. The highest BCUT2D eigenvalue weighted by Gasteiger charge is 2.07. The molecule has 1 heterocycles. The van der Waals surface area contributed by atoms with Gasteiger partial charge in [0.05, 0.1) is 21.8 Å². The molecule has 25 heavy (non-hydrogen) atoms. The molecule has 0 amide bonds. The van der Waals surface area contributed by atoms with Gasteiger partial charge in [-0.3, -0.25) is 15.5 Å². The van der Waals surface area contributed by atoms with Gasteiger partial charge in [0.25, 0.3) is 5.69 Å². The monoisotopic (exact) mass is 359 g/mol. The molecule has 8 heteroatoms. The van der Waals surface area contributed by atoms with Gasteiger partial charge in [-0.05, 0) is 42.5 Å². The van der Waals surface area contributed by atoms with Gasteiger partial charge in [0.2, 0.25) is 0 Å². The Morgan fingerprint density at radius 1 is 1.16 bits per heavy atom. The highest BCUT2D eigenvalue weighted by molar-refractivity contribution is 6.31. The molecule has 0 aliphatic heterocycles. The lowest BCUT2D eigenvalue weighted by Crippen LogP contribution is -1.91. The smallest absolute Gasteiger partial charge is 0.269 e. The van der Waals surface area contributed by atoms with Gasteiger partial charge in [-0.15, -0.1) is 0 Å². The van der Waals surface area contributed by atoms with Crippen molar-refractivity contribution in [1.29, 1.82) is 0 Å². The summed E-state index contributed by atoms with van der Waals surface area (Å²) in [6.45, 7) is 0. The third-order valence-corrected chi connectivity index (χ3v) is 3.58. The van der Waals surface area contributed by atoms with Crippen molar-refractivity contribution in [3.8, 4) is 11.3 Å². The van der Waals surface area contributed by atoms with Gasteiger partial charge >= 0.3 is 0 Å². The van der Waals surface area contributed by atoms with E-state index in [9.17, 15) is 14.5 Å². The summed E-state index contributed by atoms with van der Waals surface area (Å²) < 4.78 is 18.8. The molecule has 0 unspecified atom stereocenters. The van der Waals surface area contributed by atoms with Crippen molar-refractivity contribution in [1.82, 2.24) is 0 Å². The van der Waals surface area contributed by atoms with Crippen molar-refractivity contribution in [2.45, 2.75) is 0 Å². The minimum Gasteiger partial charge on any atom is -0.455 e. The molecule has 126 valence electrons. The van der Waals surface area contributed by atoms with E-state index in [2.05, 4.69) is 10.5 Å². The number of nitro benzene ring substituents is 1. The van der Waals surface area contributed by atoms with E-state index in [0.717, 1.165) is 0 Å². The molecule has 0 radical (unpaired) electrons. The van der Waals surface area contributed by atoms with Gasteiger partial charge in [0.1, 0.15) is 17.3 Å². The molecule has 0 spiro atoms. The first-order chi connectivity index (χ1) is 12.0. The van der Waals surface area contributed by atoms with Crippen LogP contribution >= 0.6 is 11.6 Å². The zero-order valence-corrected chi connectivity index (χ0v) is 13.4. The van der Waals surface area contributed by atoms with Crippen LogP contribution in [0.5, 0.6) is 0 Å². The summed E-state index contributed by atoms with van der Waals surface area (Å²) in [6.07, 6.45) is 1.45. The number of halogens is 2. The molecule has 3 aromatic rings. The lowest BCUT2D eigenvalue weighted by Gasteiger charge is -1.99. The van der Waals surface area contributed by atoms with E-state index in [1.165, 1.54) is 30.5 Å². The summed E-state index contributed by atoms with van der Waals surface area (Å²) in [7, 11) is 0. The largest absolute Gasteiger partial charge is 0.455 e. The number of nitrogens with one attached hydrogen (secondary N) is 1. The number of benzene rings is 2. The van der Waals surface area contributed by atoms with E-state index in [1.807, 2.05) is 0 Å². The van der Waals surface area contributed by atoms with Gasteiger partial charge in [-0.1, -0.05) is 11.6 Å². The van der Waals surface area contributed by atoms with Gasteiger partial charge in [0.15, 0.2) is 0 Å². The van der Waals surface area contributed by atoms with Crippen LogP contribution in [-0.2, 0) is 0 Å². The highest BCUT2D eigenvalue weighted by Crippen LogP contribution is 2.26. The minimum absolute atomic E-state index is 0.00293. The number of non-ortho nitro benzene ring substituents is 1. The summed E-state index contributed by atoms with van der Waals surface area (Å²) in [4.78, 5) is 10.1. The van der Waals surface area contributed by atoms with Crippen LogP contribution in [0.3, 0.4) is 0 Å². The Morgan fingerprint density at radius 2 is 1.92 bits per heavy atom. The second kappa shape index (κ2) is 7.14. The second-order valence-corrected chi connectivity index (χ2v) is 5.41. The molecule has 3 rings (SSSR count). The quantitative estimate of drug-likeness (QED) is 0.390. The Bertz CT molecular complexity index is 939. The maximum absolute atomic E-state index is 13.2. The predicted octanol–water partition coefficient (Wildman–Crippen LogP) is 5.09. The van der Waals surface area contributed by atoms with Crippen LogP contribution in [0.4, 0.5) is 15.8 Å². The first kappa shape index (κ1) is 16.7. The highest BCUT2D eigenvalue weighted by atomic mass is 35.5. The fourth-order valence-corrected chi connectivity index (χ4v) is 2.24. The molecule has 1 N–H and O–H groups in total. The number of nitrogens with zero attached hydrogens (tertiary/aromatic N) is 2. The van der Waals surface area contributed by atoms with Crippen LogP contribution in [0.25, 0.3) is 11.3 Å². The minimum atomic E-state index is -0.494. The number of hydrogen-bond acceptors (Lipinski definition) is 5. The number of rotatable bonds is 5. The molecule has 0 atom stereocenters. The number of hydrogen-bond donors (Lipinski definition) is 1. The summed E-state index contributed by atoms with van der Waals surface area (Å²) in [5, 5.41) is 14.6. The normalized spacial score (nSPS) is 11.0. The summed E-state index contributed by atoms with van der Waals surface area (Å²) in [5.41, 5.74) is 3.99. The van der Waals surface area contributed by atoms with E-state index in [0.29, 0.717) is 22.8 Å². The standard InChI is InChI=1S/C17H11ClFN3O3/c18-15-9-11(1-7-16(15)19)17-8-6-14(25-17)10-20-21-12-2-4-13(5-3-12)22(23)24/h1-10,21H/b20-10+. The molecule has 0 saturated carbocycles. The molecule has 0 aliphatic rings. The molecule has 1 aromatic heterocycles. The summed E-state index contributed by atoms with van der Waals surface area (Å²) in [6, 6.07) is 13.6. The van der Waals surface area contributed by atoms with Gasteiger partial charge in [-0.25, -0.2) is 4.39 Å². The fourth-order valence-electron chi connectivity index (χ4n) is 2.05. The van der Waals surface area contributed by atoms with E-state index in [4.69, 9.17) is 16.0 Å². The third-order valence-electron chi connectivity index (χ3n) is 3.29. The zero-order valence-electron chi connectivity index (χ0n) is 12.6. The second-order valence-electron chi connectivity index (χ2n) is 5.00. The van der Waals surface area contributed by atoms with E-state index in [-0.39, 0.29) is 10.7 Å². The Kier molecular flexibility index (Phi) is 4.76. The van der Waals surface area contributed by atoms with Crippen LogP contribution < -0.4 is 5.43 Å². The van der Waals surface area contributed by atoms with Gasteiger partial charge in [-0.2, -0.15) is 5.10 Å². The molecule has 0 aliphatic carbocycles. The van der Waals surface area contributed by atoms with Crippen molar-refractivity contribution < 1.29 is 13.7 Å². The van der Waals surface area contributed by atoms with Crippen molar-refractivity contribution in [2.24, 2.45) is 5.10 Å². The van der Waals surface area contributed by atoms with Crippen molar-refractivity contribution in [3.05, 3.63) is 81.3 Å². The summed E-state index contributed by atoms with van der Waals surface area (Å²) in [5.74, 6) is 0.509. The van der Waals surface area contributed by atoms with E-state index in [1.54, 1.807) is 30.3 Å². The number of furan rings is 1. The number of anilines is 1. The molecule has 0 bridgehead atoms. The molecular weight excluding hydrogens is 349 g/mol. The van der Waals surface area contributed by atoms with Gasteiger partial charge in [0, 0.05) is 17.7 Å². The summed E-state index contributed by atoms with van der Waals surface area (Å²) >= 11 is 5.76. The van der Waals surface area contributed by atoms with Gasteiger partial charge < -0.3 is 4.42 Å². The van der Waals surface area contributed by atoms with Crippen LogP contribution in [0, 0.1) is 15.9 Å². The molecular formula is C17H11ClFN3O3. The van der Waals surface area contributed by atoms with Crippen LogP contribution in [-0.4, -0.2) is 11.1 Å². The van der Waals surface area contributed by atoms with Crippen molar-refractivity contribution >= 4 is 29.2 Å². The lowest BCUT2D eigenvalue weighted by atomic mass is 10.2. The Hall–Kier alpha value is -3.19. The van der Waals surface area contributed by atoms with Crippen LogP contribution in [0.15, 0.2) is 64.1 Å².